The number of aromatic nitrogens is 2. The summed E-state index contributed by atoms with van der Waals surface area (Å²) in [6.45, 7) is 1.27. The maximum atomic E-state index is 13.4. The van der Waals surface area contributed by atoms with Crippen LogP contribution in [-0.4, -0.2) is 21.9 Å². The maximum absolute atomic E-state index is 13.4. The SMILES string of the molecule is CC(=O)c1[nH]ncc1NC(=O)c1c(F)cccc1F. The number of anilines is 1. The summed E-state index contributed by atoms with van der Waals surface area (Å²) in [7, 11) is 0. The van der Waals surface area contributed by atoms with Crippen molar-refractivity contribution in [2.24, 2.45) is 0 Å². The molecule has 0 aliphatic heterocycles. The number of halogens is 2. The zero-order chi connectivity index (χ0) is 14.0. The largest absolute Gasteiger partial charge is 0.318 e. The Kier molecular flexibility index (Phi) is 3.37. The number of aromatic amines is 1. The number of amides is 1. The lowest BCUT2D eigenvalue weighted by Gasteiger charge is -2.06. The highest BCUT2D eigenvalue weighted by Gasteiger charge is 2.19. The minimum absolute atomic E-state index is 0.0603. The molecule has 19 heavy (non-hydrogen) atoms. The fourth-order valence-electron chi connectivity index (χ4n) is 1.55. The molecule has 1 aromatic heterocycles. The summed E-state index contributed by atoms with van der Waals surface area (Å²) in [6, 6.07) is 3.10. The highest BCUT2D eigenvalue weighted by atomic mass is 19.1. The van der Waals surface area contributed by atoms with Crippen LogP contribution in [0.15, 0.2) is 24.4 Å². The molecule has 7 heteroatoms. The van der Waals surface area contributed by atoms with E-state index in [1.54, 1.807) is 0 Å². The van der Waals surface area contributed by atoms with Gasteiger partial charge in [-0.2, -0.15) is 5.10 Å². The second kappa shape index (κ2) is 4.97. The van der Waals surface area contributed by atoms with Crippen LogP contribution in [0.4, 0.5) is 14.5 Å². The zero-order valence-corrected chi connectivity index (χ0v) is 9.83. The van der Waals surface area contributed by atoms with Gasteiger partial charge in [-0.3, -0.25) is 14.7 Å². The molecule has 0 aliphatic carbocycles. The third-order valence-corrected chi connectivity index (χ3v) is 2.43. The number of ketones is 1. The summed E-state index contributed by atoms with van der Waals surface area (Å²) in [5.41, 5.74) is -0.580. The van der Waals surface area contributed by atoms with Crippen LogP contribution in [0.1, 0.15) is 27.8 Å². The van der Waals surface area contributed by atoms with E-state index in [9.17, 15) is 18.4 Å². The lowest BCUT2D eigenvalue weighted by Crippen LogP contribution is -2.17. The summed E-state index contributed by atoms with van der Waals surface area (Å²) in [4.78, 5) is 23.0. The Morgan fingerprint density at radius 3 is 2.47 bits per heavy atom. The molecule has 2 aromatic rings. The second-order valence-electron chi connectivity index (χ2n) is 3.77. The lowest BCUT2D eigenvalue weighted by atomic mass is 10.1. The third-order valence-electron chi connectivity index (χ3n) is 2.43. The van der Waals surface area contributed by atoms with Gasteiger partial charge in [0.1, 0.15) is 22.9 Å². The molecule has 0 unspecified atom stereocenters. The Labute approximate surface area is 106 Å². The van der Waals surface area contributed by atoms with Gasteiger partial charge in [0, 0.05) is 6.92 Å². The number of hydrogen-bond donors (Lipinski definition) is 2. The Morgan fingerprint density at radius 1 is 1.26 bits per heavy atom. The Morgan fingerprint density at radius 2 is 1.89 bits per heavy atom. The molecular weight excluding hydrogens is 256 g/mol. The normalized spacial score (nSPS) is 10.3. The first-order valence-corrected chi connectivity index (χ1v) is 5.30. The molecule has 0 atom stereocenters. The Balaban J connectivity index is 2.31. The lowest BCUT2D eigenvalue weighted by molar-refractivity contribution is 0.101. The molecule has 0 radical (unpaired) electrons. The molecule has 98 valence electrons. The molecule has 1 heterocycles. The van der Waals surface area contributed by atoms with Crippen molar-refractivity contribution in [3.63, 3.8) is 0 Å². The highest BCUT2D eigenvalue weighted by molar-refractivity contribution is 6.08. The van der Waals surface area contributed by atoms with E-state index in [-0.39, 0.29) is 17.2 Å². The Hall–Kier alpha value is -2.57. The number of nitrogens with zero attached hydrogens (tertiary/aromatic N) is 1. The van der Waals surface area contributed by atoms with Gasteiger partial charge in [-0.25, -0.2) is 8.78 Å². The molecule has 0 spiro atoms. The van der Waals surface area contributed by atoms with Crippen LogP contribution in [0.25, 0.3) is 0 Å². The predicted octanol–water partition coefficient (Wildman–Crippen LogP) is 2.14. The molecule has 0 fully saturated rings. The van der Waals surface area contributed by atoms with E-state index in [0.29, 0.717) is 0 Å². The van der Waals surface area contributed by atoms with Gasteiger partial charge in [-0.1, -0.05) is 6.07 Å². The summed E-state index contributed by atoms with van der Waals surface area (Å²) in [5, 5.41) is 8.21. The summed E-state index contributed by atoms with van der Waals surface area (Å²) in [6.07, 6.45) is 1.19. The molecule has 1 amide bonds. The van der Waals surface area contributed by atoms with Crippen molar-refractivity contribution in [1.82, 2.24) is 10.2 Å². The van der Waals surface area contributed by atoms with Crippen molar-refractivity contribution >= 4 is 17.4 Å². The Bertz CT molecular complexity index is 632. The van der Waals surface area contributed by atoms with E-state index in [1.165, 1.54) is 13.1 Å². The van der Waals surface area contributed by atoms with E-state index in [0.717, 1.165) is 18.2 Å². The van der Waals surface area contributed by atoms with Crippen LogP contribution in [0.3, 0.4) is 0 Å². The van der Waals surface area contributed by atoms with E-state index in [1.807, 2.05) is 0 Å². The number of carbonyl (C=O) groups excluding carboxylic acids is 2. The average Bonchev–Trinajstić information content (AvgIpc) is 2.76. The van der Waals surface area contributed by atoms with Gasteiger partial charge in [0.2, 0.25) is 0 Å². The van der Waals surface area contributed by atoms with Gasteiger partial charge in [-0.15, -0.1) is 0 Å². The second-order valence-corrected chi connectivity index (χ2v) is 3.77. The number of Topliss-reactive ketones (excluding diaryl/α,β-unsaturated/α-hetero) is 1. The van der Waals surface area contributed by atoms with Gasteiger partial charge < -0.3 is 5.32 Å². The minimum atomic E-state index is -0.987. The first kappa shape index (κ1) is 12.9. The standard InChI is InChI=1S/C12H9F2N3O2/c1-6(18)11-9(5-15-17-11)16-12(19)10-7(13)3-2-4-8(10)14/h2-5H,1H3,(H,15,17)(H,16,19). The van der Waals surface area contributed by atoms with Crippen LogP contribution in [0, 0.1) is 11.6 Å². The molecule has 1 aromatic carbocycles. The van der Waals surface area contributed by atoms with Gasteiger partial charge in [-0.05, 0) is 12.1 Å². The van der Waals surface area contributed by atoms with Crippen LogP contribution >= 0.6 is 0 Å². The van der Waals surface area contributed by atoms with Gasteiger partial charge in [0.05, 0.1) is 11.9 Å². The molecule has 0 bridgehead atoms. The van der Waals surface area contributed by atoms with Gasteiger partial charge >= 0.3 is 0 Å². The van der Waals surface area contributed by atoms with Crippen LogP contribution in [0.2, 0.25) is 0 Å². The van der Waals surface area contributed by atoms with Crippen molar-refractivity contribution in [3.05, 3.63) is 47.3 Å². The summed E-state index contributed by atoms with van der Waals surface area (Å²) in [5.74, 6) is -3.31. The van der Waals surface area contributed by atoms with Gasteiger partial charge in [0.15, 0.2) is 5.78 Å². The topological polar surface area (TPSA) is 74.8 Å². The third kappa shape index (κ3) is 2.49. The van der Waals surface area contributed by atoms with Crippen LogP contribution < -0.4 is 5.32 Å². The molecule has 0 saturated carbocycles. The molecule has 0 aliphatic rings. The van der Waals surface area contributed by atoms with Crippen molar-refractivity contribution in [2.45, 2.75) is 6.92 Å². The number of benzene rings is 1. The van der Waals surface area contributed by atoms with Crippen LogP contribution in [0.5, 0.6) is 0 Å². The molecule has 5 nitrogen and oxygen atoms in total. The van der Waals surface area contributed by atoms with E-state index < -0.39 is 23.1 Å². The first-order chi connectivity index (χ1) is 9.00. The fraction of sp³-hybridized carbons (Fsp3) is 0.0833. The van der Waals surface area contributed by atoms with E-state index >= 15 is 0 Å². The first-order valence-electron chi connectivity index (χ1n) is 5.30. The highest BCUT2D eigenvalue weighted by Crippen LogP contribution is 2.17. The van der Waals surface area contributed by atoms with Crippen molar-refractivity contribution in [3.8, 4) is 0 Å². The predicted molar refractivity (Wildman–Crippen MR) is 62.9 cm³/mol. The van der Waals surface area contributed by atoms with Crippen molar-refractivity contribution in [1.29, 1.82) is 0 Å². The quantitative estimate of drug-likeness (QED) is 0.835. The fourth-order valence-corrected chi connectivity index (χ4v) is 1.55. The average molecular weight is 265 g/mol. The minimum Gasteiger partial charge on any atom is -0.318 e. The summed E-state index contributed by atoms with van der Waals surface area (Å²) < 4.78 is 26.8. The number of nitrogens with one attached hydrogen (secondary N) is 2. The number of rotatable bonds is 3. The molecule has 2 rings (SSSR count). The van der Waals surface area contributed by atoms with Crippen molar-refractivity contribution < 1.29 is 18.4 Å². The molecular formula is C12H9F2N3O2. The van der Waals surface area contributed by atoms with E-state index in [4.69, 9.17) is 0 Å². The molecule has 2 N–H and O–H groups in total. The number of hydrogen-bond acceptors (Lipinski definition) is 3. The van der Waals surface area contributed by atoms with Crippen molar-refractivity contribution in [2.75, 3.05) is 5.32 Å². The molecule has 0 saturated heterocycles. The van der Waals surface area contributed by atoms with E-state index in [2.05, 4.69) is 15.5 Å². The van der Waals surface area contributed by atoms with Crippen LogP contribution in [-0.2, 0) is 0 Å². The summed E-state index contributed by atoms with van der Waals surface area (Å²) >= 11 is 0. The number of carbonyl (C=O) groups is 2. The van der Waals surface area contributed by atoms with Gasteiger partial charge in [0.25, 0.3) is 5.91 Å². The maximum Gasteiger partial charge on any atom is 0.261 e. The number of H-pyrrole nitrogens is 1. The monoisotopic (exact) mass is 265 g/mol. The smallest absolute Gasteiger partial charge is 0.261 e. The zero-order valence-electron chi connectivity index (χ0n) is 9.83.